The summed E-state index contributed by atoms with van der Waals surface area (Å²) in [5, 5.41) is 3.24. The number of imidazole rings is 1. The van der Waals surface area contributed by atoms with Gasteiger partial charge in [0.15, 0.2) is 0 Å². The lowest BCUT2D eigenvalue weighted by Crippen LogP contribution is -2.55. The van der Waals surface area contributed by atoms with Crippen LogP contribution in [0, 0.1) is 0 Å². The van der Waals surface area contributed by atoms with Gasteiger partial charge in [-0.2, -0.15) is 13.2 Å². The van der Waals surface area contributed by atoms with Crippen molar-refractivity contribution in [2.45, 2.75) is 43.6 Å². The molecule has 0 saturated carbocycles. The molecule has 12 heteroatoms. The third-order valence-electron chi connectivity index (χ3n) is 8.39. The summed E-state index contributed by atoms with van der Waals surface area (Å²) in [6.07, 6.45) is 0.303. The third kappa shape index (κ3) is 6.91. The summed E-state index contributed by atoms with van der Waals surface area (Å²) in [6.45, 7) is 0.630. The van der Waals surface area contributed by atoms with E-state index in [1.165, 1.54) is 12.1 Å². The van der Waals surface area contributed by atoms with Crippen molar-refractivity contribution in [3.8, 4) is 5.75 Å². The minimum atomic E-state index is -4.49. The molecule has 1 aliphatic rings. The van der Waals surface area contributed by atoms with Gasteiger partial charge in [0.25, 0.3) is 0 Å². The van der Waals surface area contributed by atoms with Crippen LogP contribution >= 0.6 is 0 Å². The number of hydrogen-bond acceptors (Lipinski definition) is 7. The van der Waals surface area contributed by atoms with Crippen LogP contribution in [0.4, 0.5) is 23.9 Å². The minimum Gasteiger partial charge on any atom is -0.497 e. The molecule has 0 spiro atoms. The number of aromatic nitrogens is 4. The molecule has 2 unspecified atom stereocenters. The molecular weight excluding hydrogens is 609 g/mol. The molecule has 47 heavy (non-hydrogen) atoms. The van der Waals surface area contributed by atoms with Gasteiger partial charge in [-0.3, -0.25) is 4.90 Å². The van der Waals surface area contributed by atoms with Crippen molar-refractivity contribution in [3.05, 3.63) is 137 Å². The molecule has 5 aromatic rings. The highest BCUT2D eigenvalue weighted by Crippen LogP contribution is 2.47. The predicted octanol–water partition coefficient (Wildman–Crippen LogP) is 7.30. The molecule has 0 aliphatic carbocycles. The number of ether oxygens (including phenoxy) is 2. The lowest BCUT2D eigenvalue weighted by atomic mass is 9.74. The van der Waals surface area contributed by atoms with E-state index in [1.807, 2.05) is 54.6 Å². The first-order valence-electron chi connectivity index (χ1n) is 15.1. The number of alkyl halides is 3. The second kappa shape index (κ2) is 13.5. The molecule has 0 radical (unpaired) electrons. The van der Waals surface area contributed by atoms with E-state index < -0.39 is 23.4 Å². The van der Waals surface area contributed by atoms with Crippen LogP contribution in [0.2, 0.25) is 0 Å². The van der Waals surface area contributed by atoms with Crippen LogP contribution in [0.25, 0.3) is 0 Å². The molecule has 1 fully saturated rings. The lowest BCUT2D eigenvalue weighted by molar-refractivity contribution is -0.137. The standard InChI is InChI=1S/C35H33F3N6O3/c1-46-29-12-10-24(11-13-29)22-42-32-41-16-14-30(43-32)34(31-39-17-18-40-31)21-27(26-8-5-9-28(20-26)35(36,37)38)15-19-44(34)33(45)47-23-25-6-3-2-4-7-25/h2-14,16-18,20,27H,15,19,21-23H2,1H3,(H,39,40)(H,41,42,43). The van der Waals surface area contributed by atoms with Crippen LogP contribution in [-0.4, -0.2) is 44.6 Å². The third-order valence-corrected chi connectivity index (χ3v) is 8.39. The molecule has 3 heterocycles. The van der Waals surface area contributed by atoms with Crippen molar-refractivity contribution in [2.75, 3.05) is 19.0 Å². The van der Waals surface area contributed by atoms with E-state index in [2.05, 4.69) is 20.3 Å². The largest absolute Gasteiger partial charge is 0.497 e. The fourth-order valence-electron chi connectivity index (χ4n) is 6.02. The SMILES string of the molecule is COc1ccc(CNc2nccc(C3(c4ncc[nH]4)CC(c4cccc(C(F)(F)F)c4)CCN3C(=O)OCc3ccccc3)n2)cc1. The first-order valence-corrected chi connectivity index (χ1v) is 15.1. The Hall–Kier alpha value is -5.39. The number of hydrogen-bond donors (Lipinski definition) is 2. The monoisotopic (exact) mass is 642 g/mol. The van der Waals surface area contributed by atoms with Crippen molar-refractivity contribution in [2.24, 2.45) is 0 Å². The average Bonchev–Trinajstić information content (AvgIpc) is 3.66. The molecule has 2 N–H and O–H groups in total. The number of carbonyl (C=O) groups excluding carboxylic acids is 1. The highest BCUT2D eigenvalue weighted by molar-refractivity contribution is 5.70. The van der Waals surface area contributed by atoms with Gasteiger partial charge in [0, 0.05) is 31.7 Å². The van der Waals surface area contributed by atoms with E-state index in [9.17, 15) is 18.0 Å². The number of nitrogens with one attached hydrogen (secondary N) is 2. The molecule has 1 aliphatic heterocycles. The predicted molar refractivity (Wildman–Crippen MR) is 168 cm³/mol. The summed E-state index contributed by atoms with van der Waals surface area (Å²) in [4.78, 5) is 32.6. The molecular formula is C35H33F3N6O3. The quantitative estimate of drug-likeness (QED) is 0.174. The zero-order chi connectivity index (χ0) is 32.9. The summed E-state index contributed by atoms with van der Waals surface area (Å²) >= 11 is 0. The highest BCUT2D eigenvalue weighted by Gasteiger charge is 2.52. The van der Waals surface area contributed by atoms with Gasteiger partial charge in [0.05, 0.1) is 18.4 Å². The Bertz CT molecular complexity index is 1780. The Morgan fingerprint density at radius 3 is 2.53 bits per heavy atom. The number of likely N-dealkylation sites (tertiary alicyclic amines) is 1. The molecule has 242 valence electrons. The van der Waals surface area contributed by atoms with E-state index in [1.54, 1.807) is 42.7 Å². The number of halogens is 3. The molecule has 9 nitrogen and oxygen atoms in total. The van der Waals surface area contributed by atoms with Crippen molar-refractivity contribution in [3.63, 3.8) is 0 Å². The lowest BCUT2D eigenvalue weighted by Gasteiger charge is -2.47. The smallest absolute Gasteiger partial charge is 0.416 e. The normalized spacial score (nSPS) is 18.0. The fraction of sp³-hybridized carbons (Fsp3) is 0.257. The van der Waals surface area contributed by atoms with Crippen molar-refractivity contribution in [1.29, 1.82) is 0 Å². The number of piperidine rings is 1. The van der Waals surface area contributed by atoms with Crippen molar-refractivity contribution in [1.82, 2.24) is 24.8 Å². The zero-order valence-electron chi connectivity index (χ0n) is 25.6. The van der Waals surface area contributed by atoms with Crippen LogP contribution in [0.5, 0.6) is 5.75 Å². The van der Waals surface area contributed by atoms with Crippen molar-refractivity contribution >= 4 is 12.0 Å². The van der Waals surface area contributed by atoms with Crippen LogP contribution in [0.15, 0.2) is 104 Å². The fourth-order valence-corrected chi connectivity index (χ4v) is 6.02. The summed E-state index contributed by atoms with van der Waals surface area (Å²) < 4.78 is 52.3. The van der Waals surface area contributed by atoms with Gasteiger partial charge in [-0.15, -0.1) is 0 Å². The molecule has 6 rings (SSSR count). The number of rotatable bonds is 9. The Morgan fingerprint density at radius 2 is 1.81 bits per heavy atom. The van der Waals surface area contributed by atoms with E-state index in [0.717, 1.165) is 22.9 Å². The number of aromatic amines is 1. The second-order valence-electron chi connectivity index (χ2n) is 11.3. The highest BCUT2D eigenvalue weighted by atomic mass is 19.4. The number of anilines is 1. The van der Waals surface area contributed by atoms with Crippen LogP contribution in [0.3, 0.4) is 0 Å². The molecule has 0 bridgehead atoms. The molecule has 1 amide bonds. The van der Waals surface area contributed by atoms with E-state index in [4.69, 9.17) is 14.5 Å². The summed E-state index contributed by atoms with van der Waals surface area (Å²) in [7, 11) is 1.60. The summed E-state index contributed by atoms with van der Waals surface area (Å²) in [6, 6.07) is 23.9. The maximum atomic E-state index is 14.0. The Morgan fingerprint density at radius 1 is 1.00 bits per heavy atom. The van der Waals surface area contributed by atoms with Gasteiger partial charge < -0.3 is 19.8 Å². The number of amides is 1. The van der Waals surface area contributed by atoms with Crippen LogP contribution in [0.1, 0.15) is 52.5 Å². The topological polar surface area (TPSA) is 105 Å². The number of carbonyl (C=O) groups is 1. The van der Waals surface area contributed by atoms with Gasteiger partial charge in [-0.1, -0.05) is 60.7 Å². The number of nitrogens with zero attached hydrogens (tertiary/aromatic N) is 4. The minimum absolute atomic E-state index is 0.0416. The number of benzene rings is 3. The van der Waals surface area contributed by atoms with Crippen LogP contribution < -0.4 is 10.1 Å². The first-order chi connectivity index (χ1) is 22.8. The van der Waals surface area contributed by atoms with E-state index in [0.29, 0.717) is 36.0 Å². The van der Waals surface area contributed by atoms with Gasteiger partial charge in [0.2, 0.25) is 5.95 Å². The van der Waals surface area contributed by atoms with E-state index >= 15 is 0 Å². The van der Waals surface area contributed by atoms with Crippen molar-refractivity contribution < 1.29 is 27.4 Å². The Balaban J connectivity index is 1.38. The maximum absolute atomic E-state index is 14.0. The molecule has 2 atom stereocenters. The van der Waals surface area contributed by atoms with Gasteiger partial charge in [-0.05, 0) is 59.7 Å². The number of methoxy groups -OCH3 is 1. The van der Waals surface area contributed by atoms with E-state index in [-0.39, 0.29) is 25.5 Å². The first kappa shape index (κ1) is 31.6. The average molecular weight is 643 g/mol. The molecule has 2 aromatic heterocycles. The second-order valence-corrected chi connectivity index (χ2v) is 11.3. The molecule has 3 aromatic carbocycles. The Labute approximate surface area is 269 Å². The van der Waals surface area contributed by atoms with Gasteiger partial charge in [-0.25, -0.2) is 19.7 Å². The summed E-state index contributed by atoms with van der Waals surface area (Å²) in [5.41, 5.74) is 0.682. The van der Waals surface area contributed by atoms with Gasteiger partial charge >= 0.3 is 12.3 Å². The number of H-pyrrole nitrogens is 1. The summed E-state index contributed by atoms with van der Waals surface area (Å²) in [5.74, 6) is 1.08. The zero-order valence-corrected chi connectivity index (χ0v) is 25.6. The maximum Gasteiger partial charge on any atom is 0.416 e. The Kier molecular flexibility index (Phi) is 9.10. The van der Waals surface area contributed by atoms with Crippen LogP contribution in [-0.2, 0) is 29.6 Å². The molecule has 1 saturated heterocycles. The van der Waals surface area contributed by atoms with Gasteiger partial charge in [0.1, 0.15) is 23.7 Å².